The van der Waals surface area contributed by atoms with E-state index < -0.39 is 0 Å². The van der Waals surface area contributed by atoms with Gasteiger partial charge in [0.05, 0.1) is 11.2 Å². The third-order valence-corrected chi connectivity index (χ3v) is 3.35. The summed E-state index contributed by atoms with van der Waals surface area (Å²) in [7, 11) is 0. The van der Waals surface area contributed by atoms with E-state index in [4.69, 9.17) is 5.84 Å². The van der Waals surface area contributed by atoms with E-state index >= 15 is 0 Å². The van der Waals surface area contributed by atoms with Gasteiger partial charge >= 0.3 is 0 Å². The number of pyridine rings is 1. The zero-order valence-corrected chi connectivity index (χ0v) is 12.5. The normalized spacial score (nSPS) is 10.9. The highest BCUT2D eigenvalue weighted by molar-refractivity contribution is 5.99. The quantitative estimate of drug-likeness (QED) is 0.433. The molecule has 0 fully saturated rings. The molecule has 1 aromatic heterocycles. The summed E-state index contributed by atoms with van der Waals surface area (Å²) >= 11 is 0. The summed E-state index contributed by atoms with van der Waals surface area (Å²) in [5.74, 6) is 6.01. The summed E-state index contributed by atoms with van der Waals surface area (Å²) in [5, 5.41) is 3.80. The Morgan fingerprint density at radius 2 is 2.10 bits per heavy atom. The molecule has 0 atom stereocenters. The zero-order valence-electron chi connectivity index (χ0n) is 12.5. The van der Waals surface area contributed by atoms with Crippen molar-refractivity contribution in [1.82, 2.24) is 10.3 Å². The molecule has 5 nitrogen and oxygen atoms in total. The molecule has 0 unspecified atom stereocenters. The van der Waals surface area contributed by atoms with Gasteiger partial charge in [-0.15, -0.1) is 0 Å². The largest absolute Gasteiger partial charge is 0.351 e. The van der Waals surface area contributed by atoms with Crippen molar-refractivity contribution in [3.05, 3.63) is 36.0 Å². The van der Waals surface area contributed by atoms with Crippen LogP contribution in [0.5, 0.6) is 0 Å². The molecular weight excluding hydrogens is 264 g/mol. The molecule has 0 saturated carbocycles. The first-order valence-electron chi connectivity index (χ1n) is 7.26. The van der Waals surface area contributed by atoms with Gasteiger partial charge in [0, 0.05) is 11.9 Å². The first-order chi connectivity index (χ1) is 10.1. The number of nitrogen functional groups attached to an aromatic ring is 1. The van der Waals surface area contributed by atoms with E-state index in [1.807, 2.05) is 24.3 Å². The zero-order chi connectivity index (χ0) is 15.2. The number of hydrogen-bond donors (Lipinski definition) is 3. The van der Waals surface area contributed by atoms with Crippen LogP contribution in [0.1, 0.15) is 37.2 Å². The van der Waals surface area contributed by atoms with Gasteiger partial charge in [0.15, 0.2) is 0 Å². The minimum absolute atomic E-state index is 0.166. The minimum atomic E-state index is -0.166. The van der Waals surface area contributed by atoms with Crippen molar-refractivity contribution in [1.29, 1.82) is 0 Å². The van der Waals surface area contributed by atoms with E-state index in [1.165, 1.54) is 0 Å². The molecular formula is C16H22N4O. The van der Waals surface area contributed by atoms with E-state index in [0.717, 1.165) is 23.7 Å². The van der Waals surface area contributed by atoms with Crippen LogP contribution < -0.4 is 16.6 Å². The number of nitrogens with zero attached hydrogens (tertiary/aromatic N) is 1. The van der Waals surface area contributed by atoms with Crippen LogP contribution in [0.3, 0.4) is 0 Å². The number of nitrogens with two attached hydrogens (primary N) is 1. The third kappa shape index (κ3) is 3.92. The Bertz CT molecular complexity index is 625. The van der Waals surface area contributed by atoms with Crippen molar-refractivity contribution in [2.24, 2.45) is 11.8 Å². The summed E-state index contributed by atoms with van der Waals surface area (Å²) in [5.41, 5.74) is 4.46. The van der Waals surface area contributed by atoms with Gasteiger partial charge in [-0.2, -0.15) is 0 Å². The molecule has 4 N–H and O–H groups in total. The summed E-state index contributed by atoms with van der Waals surface area (Å²) < 4.78 is 0. The Morgan fingerprint density at radius 3 is 2.81 bits per heavy atom. The molecule has 2 aromatic rings. The second kappa shape index (κ2) is 7.04. The molecule has 1 aromatic carbocycles. The summed E-state index contributed by atoms with van der Waals surface area (Å²) in [6.45, 7) is 5.01. The van der Waals surface area contributed by atoms with Gasteiger partial charge in [-0.1, -0.05) is 32.0 Å². The number of hydrazine groups is 1. The number of rotatable bonds is 6. The van der Waals surface area contributed by atoms with E-state index in [0.29, 0.717) is 23.8 Å². The fourth-order valence-corrected chi connectivity index (χ4v) is 2.21. The smallest absolute Gasteiger partial charge is 0.269 e. The van der Waals surface area contributed by atoms with E-state index in [9.17, 15) is 4.79 Å². The summed E-state index contributed by atoms with van der Waals surface area (Å²) in [6.07, 6.45) is 2.07. The lowest BCUT2D eigenvalue weighted by atomic mass is 10.1. The first kappa shape index (κ1) is 15.3. The molecule has 2 rings (SSSR count). The second-order valence-corrected chi connectivity index (χ2v) is 5.51. The number of anilines is 1. The minimum Gasteiger partial charge on any atom is -0.351 e. The van der Waals surface area contributed by atoms with Crippen LogP contribution in [0, 0.1) is 5.92 Å². The lowest BCUT2D eigenvalue weighted by Crippen LogP contribution is -2.26. The van der Waals surface area contributed by atoms with Gasteiger partial charge in [-0.05, 0) is 30.9 Å². The number of fused-ring (bicyclic) bond motifs is 1. The van der Waals surface area contributed by atoms with Crippen molar-refractivity contribution in [2.45, 2.75) is 26.7 Å². The Balaban J connectivity index is 2.12. The standard InChI is InChI=1S/C16H22N4O/c1-11(2)6-5-9-18-16(21)15-10-14(20-17)12-7-3-4-8-13(12)19-15/h3-4,7-8,10-11H,5-6,9,17H2,1-2H3,(H,18,21)(H,19,20). The Morgan fingerprint density at radius 1 is 1.33 bits per heavy atom. The lowest BCUT2D eigenvalue weighted by Gasteiger charge is -2.10. The van der Waals surface area contributed by atoms with Crippen molar-refractivity contribution in [3.63, 3.8) is 0 Å². The molecule has 1 amide bonds. The first-order valence-corrected chi connectivity index (χ1v) is 7.26. The summed E-state index contributed by atoms with van der Waals surface area (Å²) in [4.78, 5) is 16.5. The second-order valence-electron chi connectivity index (χ2n) is 5.51. The van der Waals surface area contributed by atoms with Gasteiger partial charge in [0.2, 0.25) is 0 Å². The number of aromatic nitrogens is 1. The van der Waals surface area contributed by atoms with Gasteiger partial charge in [0.1, 0.15) is 5.69 Å². The van der Waals surface area contributed by atoms with E-state index in [2.05, 4.69) is 29.6 Å². The maximum atomic E-state index is 12.2. The maximum Gasteiger partial charge on any atom is 0.269 e. The lowest BCUT2D eigenvalue weighted by molar-refractivity contribution is 0.0948. The SMILES string of the molecule is CC(C)CCCNC(=O)c1cc(NN)c2ccccc2n1. The van der Waals surface area contributed by atoms with Crippen LogP contribution in [0.2, 0.25) is 0 Å². The molecule has 112 valence electrons. The van der Waals surface area contributed by atoms with Gasteiger partial charge in [0.25, 0.3) is 5.91 Å². The Kier molecular flexibility index (Phi) is 5.11. The number of carbonyl (C=O) groups excluding carboxylic acids is 1. The molecule has 0 aliphatic carbocycles. The highest BCUT2D eigenvalue weighted by Crippen LogP contribution is 2.22. The van der Waals surface area contributed by atoms with E-state index in [1.54, 1.807) is 6.07 Å². The maximum absolute atomic E-state index is 12.2. The molecule has 5 heteroatoms. The van der Waals surface area contributed by atoms with Gasteiger partial charge in [-0.25, -0.2) is 4.98 Å². The van der Waals surface area contributed by atoms with Crippen LogP contribution in [-0.2, 0) is 0 Å². The predicted octanol–water partition coefficient (Wildman–Crippen LogP) is 2.69. The summed E-state index contributed by atoms with van der Waals surface area (Å²) in [6, 6.07) is 9.27. The van der Waals surface area contributed by atoms with Crippen LogP contribution in [-0.4, -0.2) is 17.4 Å². The van der Waals surface area contributed by atoms with Crippen molar-refractivity contribution in [2.75, 3.05) is 12.0 Å². The van der Waals surface area contributed by atoms with Crippen LogP contribution in [0.25, 0.3) is 10.9 Å². The Labute approximate surface area is 124 Å². The molecule has 21 heavy (non-hydrogen) atoms. The Hall–Kier alpha value is -2.14. The molecule has 0 bridgehead atoms. The van der Waals surface area contributed by atoms with Crippen molar-refractivity contribution >= 4 is 22.5 Å². The number of nitrogens with one attached hydrogen (secondary N) is 2. The fraction of sp³-hybridized carbons (Fsp3) is 0.375. The van der Waals surface area contributed by atoms with Gasteiger partial charge < -0.3 is 10.7 Å². The number of benzene rings is 1. The molecule has 0 saturated heterocycles. The van der Waals surface area contributed by atoms with E-state index in [-0.39, 0.29) is 5.91 Å². The number of para-hydroxylation sites is 1. The van der Waals surface area contributed by atoms with Crippen molar-refractivity contribution < 1.29 is 4.79 Å². The average molecular weight is 286 g/mol. The number of amides is 1. The van der Waals surface area contributed by atoms with Gasteiger partial charge in [-0.3, -0.25) is 10.6 Å². The fourth-order valence-electron chi connectivity index (χ4n) is 2.21. The molecule has 0 spiro atoms. The third-order valence-electron chi connectivity index (χ3n) is 3.35. The average Bonchev–Trinajstić information content (AvgIpc) is 2.50. The molecule has 1 heterocycles. The monoisotopic (exact) mass is 286 g/mol. The molecule has 0 radical (unpaired) electrons. The molecule has 0 aliphatic rings. The number of hydrogen-bond acceptors (Lipinski definition) is 4. The topological polar surface area (TPSA) is 80.0 Å². The van der Waals surface area contributed by atoms with Crippen molar-refractivity contribution in [3.8, 4) is 0 Å². The van der Waals surface area contributed by atoms with Crippen LogP contribution in [0.15, 0.2) is 30.3 Å². The van der Waals surface area contributed by atoms with Crippen LogP contribution >= 0.6 is 0 Å². The number of carbonyl (C=O) groups is 1. The van der Waals surface area contributed by atoms with Crippen LogP contribution in [0.4, 0.5) is 5.69 Å². The predicted molar refractivity (Wildman–Crippen MR) is 86.0 cm³/mol. The highest BCUT2D eigenvalue weighted by Gasteiger charge is 2.11. The molecule has 0 aliphatic heterocycles. The highest BCUT2D eigenvalue weighted by atomic mass is 16.1.